The van der Waals surface area contributed by atoms with Gasteiger partial charge in [0, 0.05) is 10.2 Å². The Kier molecular flexibility index (Phi) is 4.19. The van der Waals surface area contributed by atoms with Gasteiger partial charge in [0.1, 0.15) is 0 Å². The summed E-state index contributed by atoms with van der Waals surface area (Å²) in [4.78, 5) is 0.0547. The van der Waals surface area contributed by atoms with E-state index in [1.165, 1.54) is 6.07 Å². The van der Waals surface area contributed by atoms with E-state index in [2.05, 4.69) is 20.7 Å². The fourth-order valence-corrected chi connectivity index (χ4v) is 3.58. The molecule has 0 aliphatic rings. The molecule has 96 valence electrons. The number of halogens is 1. The zero-order chi connectivity index (χ0) is 13.3. The predicted molar refractivity (Wildman–Crippen MR) is 70.0 cm³/mol. The molecular weight excluding hydrogens is 308 g/mol. The van der Waals surface area contributed by atoms with E-state index in [4.69, 9.17) is 10.8 Å². The molecule has 5 nitrogen and oxygen atoms in total. The third kappa shape index (κ3) is 3.67. The molecule has 0 saturated heterocycles. The smallest absolute Gasteiger partial charge is 0.242 e. The minimum atomic E-state index is -3.72. The number of nitrogen functional groups attached to an aromatic ring is 1. The summed E-state index contributed by atoms with van der Waals surface area (Å²) in [5.74, 6) is 0. The second kappa shape index (κ2) is 4.93. The van der Waals surface area contributed by atoms with Crippen LogP contribution in [-0.4, -0.2) is 25.7 Å². The van der Waals surface area contributed by atoms with E-state index < -0.39 is 15.6 Å². The van der Waals surface area contributed by atoms with E-state index in [0.29, 0.717) is 10.2 Å². The average Bonchev–Trinajstić information content (AvgIpc) is 2.20. The quantitative estimate of drug-likeness (QED) is 0.723. The number of nitrogens with one attached hydrogen (secondary N) is 1. The Morgan fingerprint density at radius 1 is 1.47 bits per heavy atom. The molecule has 0 aliphatic heterocycles. The van der Waals surface area contributed by atoms with Gasteiger partial charge in [0.15, 0.2) is 0 Å². The van der Waals surface area contributed by atoms with Gasteiger partial charge in [0.05, 0.1) is 17.0 Å². The topological polar surface area (TPSA) is 92.4 Å². The molecule has 0 heterocycles. The summed E-state index contributed by atoms with van der Waals surface area (Å²) in [5, 5.41) is 9.06. The molecule has 0 aromatic heterocycles. The first kappa shape index (κ1) is 14.4. The van der Waals surface area contributed by atoms with Crippen molar-refractivity contribution in [1.29, 1.82) is 0 Å². The van der Waals surface area contributed by atoms with Crippen molar-refractivity contribution < 1.29 is 13.5 Å². The van der Waals surface area contributed by atoms with Crippen molar-refractivity contribution in [3.8, 4) is 0 Å². The van der Waals surface area contributed by atoms with Gasteiger partial charge in [-0.2, -0.15) is 0 Å². The molecule has 0 unspecified atom stereocenters. The lowest BCUT2D eigenvalue weighted by Gasteiger charge is -2.23. The molecule has 1 aromatic carbocycles. The molecule has 0 aliphatic carbocycles. The molecule has 0 amide bonds. The van der Waals surface area contributed by atoms with Crippen LogP contribution in [-0.2, 0) is 10.0 Å². The van der Waals surface area contributed by atoms with Crippen molar-refractivity contribution in [3.63, 3.8) is 0 Å². The highest BCUT2D eigenvalue weighted by Crippen LogP contribution is 2.25. The number of aliphatic hydroxyl groups is 1. The van der Waals surface area contributed by atoms with Crippen LogP contribution in [0, 0.1) is 0 Å². The summed E-state index contributed by atoms with van der Waals surface area (Å²) in [6, 6.07) is 4.52. The maximum Gasteiger partial charge on any atom is 0.242 e. The van der Waals surface area contributed by atoms with E-state index in [9.17, 15) is 8.42 Å². The molecule has 0 saturated carbocycles. The van der Waals surface area contributed by atoms with Crippen LogP contribution in [0.1, 0.15) is 13.8 Å². The highest BCUT2D eigenvalue weighted by Gasteiger charge is 2.27. The maximum atomic E-state index is 12.1. The summed E-state index contributed by atoms with van der Waals surface area (Å²) >= 11 is 3.16. The summed E-state index contributed by atoms with van der Waals surface area (Å²) < 4.78 is 27.0. The number of aliphatic hydroxyl groups excluding tert-OH is 1. The van der Waals surface area contributed by atoms with Crippen molar-refractivity contribution in [2.75, 3.05) is 12.3 Å². The first-order valence-electron chi connectivity index (χ1n) is 4.88. The molecule has 4 N–H and O–H groups in total. The standard InChI is InChI=1S/C10H15BrN2O3S/c1-10(2,6-14)13-17(15,16)9-5-7(12)3-4-8(9)11/h3-5,13-14H,6,12H2,1-2H3. The third-order valence-electron chi connectivity index (χ3n) is 2.05. The van der Waals surface area contributed by atoms with E-state index in [-0.39, 0.29) is 11.5 Å². The van der Waals surface area contributed by atoms with Crippen LogP contribution in [0.25, 0.3) is 0 Å². The molecule has 0 bridgehead atoms. The van der Waals surface area contributed by atoms with Crippen molar-refractivity contribution in [1.82, 2.24) is 4.72 Å². The number of hydrogen-bond acceptors (Lipinski definition) is 4. The SMILES string of the molecule is CC(C)(CO)NS(=O)(=O)c1cc(N)ccc1Br. The van der Waals surface area contributed by atoms with Crippen molar-refractivity contribution in [2.24, 2.45) is 0 Å². The van der Waals surface area contributed by atoms with Crippen molar-refractivity contribution in [3.05, 3.63) is 22.7 Å². The largest absolute Gasteiger partial charge is 0.399 e. The summed E-state index contributed by atoms with van der Waals surface area (Å²) in [6.45, 7) is 2.88. The summed E-state index contributed by atoms with van der Waals surface area (Å²) in [5.41, 5.74) is 4.99. The first-order chi connectivity index (χ1) is 7.68. The van der Waals surface area contributed by atoms with Crippen LogP contribution >= 0.6 is 15.9 Å². The monoisotopic (exact) mass is 322 g/mol. The van der Waals surface area contributed by atoms with Crippen LogP contribution in [0.15, 0.2) is 27.6 Å². The second-order valence-electron chi connectivity index (χ2n) is 4.34. The van der Waals surface area contributed by atoms with Crippen LogP contribution in [0.3, 0.4) is 0 Å². The fourth-order valence-electron chi connectivity index (χ4n) is 1.18. The number of benzene rings is 1. The second-order valence-corrected chi connectivity index (χ2v) is 6.84. The van der Waals surface area contributed by atoms with Crippen LogP contribution < -0.4 is 10.5 Å². The van der Waals surface area contributed by atoms with Gasteiger partial charge in [0.2, 0.25) is 10.0 Å². The predicted octanol–water partition coefficient (Wildman–Crippen LogP) is 1.08. The van der Waals surface area contributed by atoms with Gasteiger partial charge in [-0.3, -0.25) is 0 Å². The average molecular weight is 323 g/mol. The minimum Gasteiger partial charge on any atom is -0.399 e. The van der Waals surface area contributed by atoms with Crippen LogP contribution in [0.2, 0.25) is 0 Å². The number of nitrogens with two attached hydrogens (primary N) is 1. The molecule has 0 radical (unpaired) electrons. The van der Waals surface area contributed by atoms with Gasteiger partial charge in [0.25, 0.3) is 0 Å². The lowest BCUT2D eigenvalue weighted by molar-refractivity contribution is 0.208. The molecular formula is C10H15BrN2O3S. The highest BCUT2D eigenvalue weighted by molar-refractivity contribution is 9.10. The molecule has 0 spiro atoms. The van der Waals surface area contributed by atoms with E-state index in [1.54, 1.807) is 26.0 Å². The number of rotatable bonds is 4. The lowest BCUT2D eigenvalue weighted by Crippen LogP contribution is -2.46. The Morgan fingerprint density at radius 2 is 2.06 bits per heavy atom. The number of anilines is 1. The minimum absolute atomic E-state index is 0.0547. The van der Waals surface area contributed by atoms with Gasteiger partial charge < -0.3 is 10.8 Å². The van der Waals surface area contributed by atoms with Gasteiger partial charge in [-0.25, -0.2) is 13.1 Å². The maximum absolute atomic E-state index is 12.1. The van der Waals surface area contributed by atoms with Crippen LogP contribution in [0.4, 0.5) is 5.69 Å². The van der Waals surface area contributed by atoms with Crippen LogP contribution in [0.5, 0.6) is 0 Å². The zero-order valence-corrected chi connectivity index (χ0v) is 12.0. The number of hydrogen-bond donors (Lipinski definition) is 3. The Balaban J connectivity index is 3.18. The van der Waals surface area contributed by atoms with Gasteiger partial charge in [-0.15, -0.1) is 0 Å². The van der Waals surface area contributed by atoms with E-state index >= 15 is 0 Å². The Morgan fingerprint density at radius 3 is 2.59 bits per heavy atom. The molecule has 0 fully saturated rings. The fraction of sp³-hybridized carbons (Fsp3) is 0.400. The van der Waals surface area contributed by atoms with Crippen molar-refractivity contribution in [2.45, 2.75) is 24.3 Å². The molecule has 1 aromatic rings. The molecule has 0 atom stereocenters. The third-order valence-corrected chi connectivity index (χ3v) is 4.74. The molecule has 1 rings (SSSR count). The van der Waals surface area contributed by atoms with E-state index in [0.717, 1.165) is 0 Å². The van der Waals surface area contributed by atoms with Crippen molar-refractivity contribution >= 4 is 31.6 Å². The lowest BCUT2D eigenvalue weighted by atomic mass is 10.1. The zero-order valence-electron chi connectivity index (χ0n) is 9.57. The number of sulfonamides is 1. The van der Waals surface area contributed by atoms with E-state index in [1.807, 2.05) is 0 Å². The Labute approximate surface area is 109 Å². The highest BCUT2D eigenvalue weighted by atomic mass is 79.9. The molecule has 7 heteroatoms. The Bertz CT molecular complexity index is 514. The van der Waals surface area contributed by atoms with Gasteiger partial charge >= 0.3 is 0 Å². The summed E-state index contributed by atoms with van der Waals surface area (Å²) in [6.07, 6.45) is 0. The molecule has 17 heavy (non-hydrogen) atoms. The normalized spacial score (nSPS) is 12.7. The Hall–Kier alpha value is -0.630. The summed E-state index contributed by atoms with van der Waals surface area (Å²) in [7, 11) is -3.72. The van der Waals surface area contributed by atoms with Gasteiger partial charge in [-0.1, -0.05) is 0 Å². The van der Waals surface area contributed by atoms with Gasteiger partial charge in [-0.05, 0) is 48.0 Å². The first-order valence-corrected chi connectivity index (χ1v) is 7.15.